The van der Waals surface area contributed by atoms with Crippen molar-refractivity contribution >= 4 is 0 Å². The van der Waals surface area contributed by atoms with Crippen molar-refractivity contribution in [3.8, 4) is 0 Å². The van der Waals surface area contributed by atoms with E-state index in [4.69, 9.17) is 14.9 Å². The van der Waals surface area contributed by atoms with Crippen LogP contribution in [0.5, 0.6) is 0 Å². The molecule has 1 saturated heterocycles. The lowest BCUT2D eigenvalue weighted by Gasteiger charge is -2.34. The van der Waals surface area contributed by atoms with Crippen LogP contribution in [0.25, 0.3) is 0 Å². The average Bonchev–Trinajstić information content (AvgIpc) is 2.01. The summed E-state index contributed by atoms with van der Waals surface area (Å²) in [5.74, 6) is 0. The van der Waals surface area contributed by atoms with Crippen molar-refractivity contribution in [1.82, 2.24) is 0 Å². The molecule has 0 saturated carbocycles. The molecule has 0 aromatic rings. The summed E-state index contributed by atoms with van der Waals surface area (Å²) in [6.07, 6.45) is -2.66. The maximum Gasteiger partial charge on any atom is 0.111 e. The molecule has 1 aliphatic rings. The highest BCUT2D eigenvalue weighted by Crippen LogP contribution is 2.17. The lowest BCUT2D eigenvalue weighted by molar-refractivity contribution is -0.187. The van der Waals surface area contributed by atoms with Gasteiger partial charge in [0.05, 0.1) is 12.7 Å². The summed E-state index contributed by atoms with van der Waals surface area (Å²) in [6, 6.07) is 0. The SMILES string of the molecule is CC[C@@H]1OC[C@@H](O)[C@H](O)C1O. The molecule has 0 aromatic heterocycles. The molecular formula is C7H14O4. The third kappa shape index (κ3) is 1.70. The van der Waals surface area contributed by atoms with Gasteiger partial charge < -0.3 is 20.1 Å². The zero-order chi connectivity index (χ0) is 8.43. The van der Waals surface area contributed by atoms with Crippen molar-refractivity contribution in [1.29, 1.82) is 0 Å². The molecule has 11 heavy (non-hydrogen) atoms. The van der Waals surface area contributed by atoms with Crippen molar-refractivity contribution in [2.24, 2.45) is 0 Å². The van der Waals surface area contributed by atoms with Crippen molar-refractivity contribution in [2.45, 2.75) is 37.8 Å². The number of aliphatic hydroxyl groups excluding tert-OH is 3. The highest BCUT2D eigenvalue weighted by Gasteiger charge is 2.36. The van der Waals surface area contributed by atoms with Crippen LogP contribution in [0, 0.1) is 0 Å². The third-order valence-corrected chi connectivity index (χ3v) is 2.01. The molecule has 0 spiro atoms. The predicted octanol–water partition coefficient (Wildman–Crippen LogP) is -1.12. The Morgan fingerprint density at radius 1 is 1.27 bits per heavy atom. The largest absolute Gasteiger partial charge is 0.388 e. The van der Waals surface area contributed by atoms with Crippen molar-refractivity contribution in [3.05, 3.63) is 0 Å². The molecule has 0 radical (unpaired) electrons. The summed E-state index contributed by atoms with van der Waals surface area (Å²) < 4.78 is 5.06. The lowest BCUT2D eigenvalue weighted by Crippen LogP contribution is -2.52. The minimum Gasteiger partial charge on any atom is -0.388 e. The Kier molecular flexibility index (Phi) is 2.84. The molecule has 1 fully saturated rings. The Balaban J connectivity index is 2.52. The van der Waals surface area contributed by atoms with Crippen LogP contribution in [0.1, 0.15) is 13.3 Å². The molecule has 1 heterocycles. The fourth-order valence-corrected chi connectivity index (χ4v) is 1.23. The van der Waals surface area contributed by atoms with E-state index in [0.717, 1.165) is 0 Å². The summed E-state index contributed by atoms with van der Waals surface area (Å²) in [7, 11) is 0. The van der Waals surface area contributed by atoms with Crippen LogP contribution >= 0.6 is 0 Å². The van der Waals surface area contributed by atoms with Gasteiger partial charge in [-0.25, -0.2) is 0 Å². The number of ether oxygens (including phenoxy) is 1. The Bertz CT molecular complexity index is 126. The molecule has 0 bridgehead atoms. The van der Waals surface area contributed by atoms with Gasteiger partial charge in [-0.05, 0) is 6.42 Å². The van der Waals surface area contributed by atoms with Crippen LogP contribution in [0.4, 0.5) is 0 Å². The molecule has 3 N–H and O–H groups in total. The van der Waals surface area contributed by atoms with E-state index >= 15 is 0 Å². The second kappa shape index (κ2) is 3.49. The molecule has 4 nitrogen and oxygen atoms in total. The van der Waals surface area contributed by atoms with Gasteiger partial charge in [-0.15, -0.1) is 0 Å². The van der Waals surface area contributed by atoms with E-state index < -0.39 is 18.3 Å². The molecule has 1 unspecified atom stereocenters. The Labute approximate surface area is 65.4 Å². The average molecular weight is 162 g/mol. The Morgan fingerprint density at radius 2 is 1.91 bits per heavy atom. The van der Waals surface area contributed by atoms with Gasteiger partial charge in [0.25, 0.3) is 0 Å². The fourth-order valence-electron chi connectivity index (χ4n) is 1.23. The summed E-state index contributed by atoms with van der Waals surface area (Å²) in [4.78, 5) is 0. The molecule has 1 aliphatic heterocycles. The molecule has 1 rings (SSSR count). The van der Waals surface area contributed by atoms with E-state index in [1.807, 2.05) is 6.92 Å². The molecule has 4 atom stereocenters. The van der Waals surface area contributed by atoms with Gasteiger partial charge in [-0.3, -0.25) is 0 Å². The second-order valence-corrected chi connectivity index (χ2v) is 2.83. The monoisotopic (exact) mass is 162 g/mol. The lowest BCUT2D eigenvalue weighted by atomic mass is 9.99. The van der Waals surface area contributed by atoms with Crippen molar-refractivity contribution in [3.63, 3.8) is 0 Å². The molecule has 0 aliphatic carbocycles. The van der Waals surface area contributed by atoms with Crippen LogP contribution in [0.15, 0.2) is 0 Å². The van der Waals surface area contributed by atoms with Gasteiger partial charge in [0, 0.05) is 0 Å². The number of hydrogen-bond acceptors (Lipinski definition) is 4. The minimum absolute atomic E-state index is 0.108. The first-order valence-corrected chi connectivity index (χ1v) is 3.82. The van der Waals surface area contributed by atoms with Gasteiger partial charge in [-0.1, -0.05) is 6.92 Å². The number of rotatable bonds is 1. The summed E-state index contributed by atoms with van der Waals surface area (Å²) in [5, 5.41) is 27.5. The van der Waals surface area contributed by atoms with Crippen LogP contribution in [0.2, 0.25) is 0 Å². The highest BCUT2D eigenvalue weighted by molar-refractivity contribution is 4.85. The van der Waals surface area contributed by atoms with Gasteiger partial charge in [0.15, 0.2) is 0 Å². The Hall–Kier alpha value is -0.160. The van der Waals surface area contributed by atoms with Crippen LogP contribution < -0.4 is 0 Å². The zero-order valence-electron chi connectivity index (χ0n) is 6.47. The molecular weight excluding hydrogens is 148 g/mol. The first-order chi connectivity index (χ1) is 5.16. The van der Waals surface area contributed by atoms with Gasteiger partial charge >= 0.3 is 0 Å². The van der Waals surface area contributed by atoms with E-state index in [9.17, 15) is 5.11 Å². The smallest absolute Gasteiger partial charge is 0.111 e. The highest BCUT2D eigenvalue weighted by atomic mass is 16.5. The summed E-state index contributed by atoms with van der Waals surface area (Å²) in [6.45, 7) is 1.97. The summed E-state index contributed by atoms with van der Waals surface area (Å²) >= 11 is 0. The maximum absolute atomic E-state index is 9.27. The quantitative estimate of drug-likeness (QED) is 0.456. The minimum atomic E-state index is -1.06. The van der Waals surface area contributed by atoms with E-state index in [2.05, 4.69) is 0 Å². The molecule has 0 amide bonds. The third-order valence-electron chi connectivity index (χ3n) is 2.01. The van der Waals surface area contributed by atoms with Crippen LogP contribution in [-0.4, -0.2) is 46.3 Å². The molecule has 0 aromatic carbocycles. The van der Waals surface area contributed by atoms with E-state index in [-0.39, 0.29) is 12.7 Å². The van der Waals surface area contributed by atoms with E-state index in [0.29, 0.717) is 6.42 Å². The van der Waals surface area contributed by atoms with Gasteiger partial charge in [-0.2, -0.15) is 0 Å². The number of hydrogen-bond donors (Lipinski definition) is 3. The second-order valence-electron chi connectivity index (χ2n) is 2.83. The summed E-state index contributed by atoms with van der Waals surface area (Å²) in [5.41, 5.74) is 0. The van der Waals surface area contributed by atoms with Crippen LogP contribution in [0.3, 0.4) is 0 Å². The first-order valence-electron chi connectivity index (χ1n) is 3.82. The Morgan fingerprint density at radius 3 is 2.45 bits per heavy atom. The maximum atomic E-state index is 9.27. The van der Waals surface area contributed by atoms with Crippen molar-refractivity contribution in [2.75, 3.05) is 6.61 Å². The van der Waals surface area contributed by atoms with Crippen molar-refractivity contribution < 1.29 is 20.1 Å². The fraction of sp³-hybridized carbons (Fsp3) is 1.00. The normalized spacial score (nSPS) is 45.8. The van der Waals surface area contributed by atoms with Crippen LogP contribution in [-0.2, 0) is 4.74 Å². The van der Waals surface area contributed by atoms with Gasteiger partial charge in [0.2, 0.25) is 0 Å². The zero-order valence-corrected chi connectivity index (χ0v) is 6.47. The van der Waals surface area contributed by atoms with E-state index in [1.54, 1.807) is 0 Å². The first kappa shape index (κ1) is 8.93. The number of aliphatic hydroxyl groups is 3. The van der Waals surface area contributed by atoms with Gasteiger partial charge in [0.1, 0.15) is 18.3 Å². The topological polar surface area (TPSA) is 69.9 Å². The molecule has 4 heteroatoms. The standard InChI is InChI=1S/C7H14O4/c1-2-5-7(10)6(9)4(8)3-11-5/h4-10H,2-3H2,1H3/t4-,5+,6+,7?/m1/s1. The predicted molar refractivity (Wildman–Crippen MR) is 38.1 cm³/mol. The molecule has 66 valence electrons. The van der Waals surface area contributed by atoms with E-state index in [1.165, 1.54) is 0 Å².